The van der Waals surface area contributed by atoms with E-state index in [0.29, 0.717) is 15.6 Å². The molecule has 0 bridgehead atoms. The molecule has 0 aliphatic rings. The van der Waals surface area contributed by atoms with E-state index in [-0.39, 0.29) is 17.5 Å². The summed E-state index contributed by atoms with van der Waals surface area (Å²) >= 11 is 6.49. The van der Waals surface area contributed by atoms with E-state index in [9.17, 15) is 8.42 Å². The first-order valence-corrected chi connectivity index (χ1v) is 8.50. The van der Waals surface area contributed by atoms with E-state index < -0.39 is 10.0 Å². The molecule has 0 saturated heterocycles. The van der Waals surface area contributed by atoms with Crippen LogP contribution >= 0.6 is 31.9 Å². The fourth-order valence-corrected chi connectivity index (χ4v) is 3.95. The van der Waals surface area contributed by atoms with Gasteiger partial charge in [-0.1, -0.05) is 15.9 Å². The summed E-state index contributed by atoms with van der Waals surface area (Å²) in [4.78, 5) is 0.209. The van der Waals surface area contributed by atoms with Gasteiger partial charge in [0.2, 0.25) is 10.0 Å². The Bertz CT molecular complexity index is 505. The highest BCUT2D eigenvalue weighted by Gasteiger charge is 2.18. The third kappa shape index (κ3) is 4.62. The van der Waals surface area contributed by atoms with Gasteiger partial charge in [-0.05, 0) is 48.0 Å². The van der Waals surface area contributed by atoms with Crippen LogP contribution in [0, 0.1) is 0 Å². The van der Waals surface area contributed by atoms with Gasteiger partial charge in [0, 0.05) is 22.1 Å². The molecule has 0 saturated carbocycles. The second kappa shape index (κ2) is 7.00. The first-order valence-electron chi connectivity index (χ1n) is 5.43. The van der Waals surface area contributed by atoms with Gasteiger partial charge in [-0.2, -0.15) is 0 Å². The number of hydrogen-bond donors (Lipinski definition) is 1. The molecule has 0 aliphatic heterocycles. The Balaban J connectivity index is 2.83. The predicted octanol–water partition coefficient (Wildman–Crippen LogP) is 2.91. The van der Waals surface area contributed by atoms with Crippen molar-refractivity contribution in [1.29, 1.82) is 0 Å². The molecule has 0 amide bonds. The van der Waals surface area contributed by atoms with Gasteiger partial charge < -0.3 is 4.74 Å². The van der Waals surface area contributed by atoms with Gasteiger partial charge in [0.05, 0.1) is 11.0 Å². The smallest absolute Gasteiger partial charge is 0.241 e. The van der Waals surface area contributed by atoms with Crippen LogP contribution in [0.2, 0.25) is 0 Å². The Labute approximate surface area is 124 Å². The highest BCUT2D eigenvalue weighted by molar-refractivity contribution is 9.11. The van der Waals surface area contributed by atoms with Crippen molar-refractivity contribution >= 4 is 41.9 Å². The molecule has 1 unspecified atom stereocenters. The molecule has 1 rings (SSSR count). The summed E-state index contributed by atoms with van der Waals surface area (Å²) in [5.41, 5.74) is 0. The van der Waals surface area contributed by atoms with Crippen LogP contribution in [0.4, 0.5) is 0 Å². The van der Waals surface area contributed by atoms with Crippen molar-refractivity contribution in [3.8, 4) is 0 Å². The highest BCUT2D eigenvalue weighted by Crippen LogP contribution is 2.25. The Morgan fingerprint density at radius 2 is 2.06 bits per heavy atom. The van der Waals surface area contributed by atoms with Crippen LogP contribution < -0.4 is 4.72 Å². The van der Waals surface area contributed by atoms with Crippen LogP contribution in [0.5, 0.6) is 0 Å². The first-order chi connectivity index (χ1) is 8.36. The summed E-state index contributed by atoms with van der Waals surface area (Å²) in [5.74, 6) is 0. The normalized spacial score (nSPS) is 13.6. The zero-order chi connectivity index (χ0) is 13.8. The number of ether oxygens (including phenoxy) is 1. The van der Waals surface area contributed by atoms with Crippen molar-refractivity contribution in [2.75, 3.05) is 13.2 Å². The molecule has 1 aromatic carbocycles. The molecule has 0 heterocycles. The monoisotopic (exact) mass is 399 g/mol. The van der Waals surface area contributed by atoms with Gasteiger partial charge >= 0.3 is 0 Å². The molecule has 18 heavy (non-hydrogen) atoms. The van der Waals surface area contributed by atoms with E-state index >= 15 is 0 Å². The highest BCUT2D eigenvalue weighted by atomic mass is 79.9. The zero-order valence-electron chi connectivity index (χ0n) is 10.1. The topological polar surface area (TPSA) is 55.4 Å². The largest absolute Gasteiger partial charge is 0.377 e. The lowest BCUT2D eigenvalue weighted by atomic mass is 10.4. The molecular formula is C11H15Br2NO3S. The minimum absolute atomic E-state index is 0.157. The number of halogens is 2. The number of hydrogen-bond acceptors (Lipinski definition) is 3. The summed E-state index contributed by atoms with van der Waals surface area (Å²) in [6, 6.07) is 5.01. The maximum Gasteiger partial charge on any atom is 0.241 e. The van der Waals surface area contributed by atoms with Crippen molar-refractivity contribution in [2.24, 2.45) is 0 Å². The van der Waals surface area contributed by atoms with Crippen LogP contribution in [0.25, 0.3) is 0 Å². The van der Waals surface area contributed by atoms with Crippen LogP contribution in [0.15, 0.2) is 32.0 Å². The minimum atomic E-state index is -3.53. The number of sulfonamides is 1. The molecule has 4 nitrogen and oxygen atoms in total. The molecule has 1 N–H and O–H groups in total. The summed E-state index contributed by atoms with van der Waals surface area (Å²) in [5, 5.41) is 0. The van der Waals surface area contributed by atoms with Crippen LogP contribution in [-0.4, -0.2) is 27.7 Å². The Morgan fingerprint density at radius 1 is 1.39 bits per heavy atom. The molecule has 1 aromatic rings. The van der Waals surface area contributed by atoms with Crippen LogP contribution in [0.3, 0.4) is 0 Å². The van der Waals surface area contributed by atoms with E-state index in [4.69, 9.17) is 4.74 Å². The van der Waals surface area contributed by atoms with Crippen molar-refractivity contribution in [2.45, 2.75) is 24.8 Å². The van der Waals surface area contributed by atoms with Gasteiger partial charge in [-0.15, -0.1) is 0 Å². The summed E-state index contributed by atoms with van der Waals surface area (Å²) in [6.07, 6.45) is -0.157. The molecule has 0 aromatic heterocycles. The minimum Gasteiger partial charge on any atom is -0.377 e. The quantitative estimate of drug-likeness (QED) is 0.798. The van der Waals surface area contributed by atoms with Gasteiger partial charge in [0.15, 0.2) is 0 Å². The maximum atomic E-state index is 12.1. The second-order valence-electron chi connectivity index (χ2n) is 3.69. The summed E-state index contributed by atoms with van der Waals surface area (Å²) < 4.78 is 33.2. The van der Waals surface area contributed by atoms with E-state index in [1.807, 2.05) is 13.8 Å². The van der Waals surface area contributed by atoms with E-state index in [1.165, 1.54) is 0 Å². The molecule has 1 atom stereocenters. The first kappa shape index (κ1) is 16.1. The van der Waals surface area contributed by atoms with Crippen LogP contribution in [-0.2, 0) is 14.8 Å². The molecule has 102 valence electrons. The fourth-order valence-electron chi connectivity index (χ4n) is 1.33. The van der Waals surface area contributed by atoms with Crippen molar-refractivity contribution < 1.29 is 13.2 Å². The van der Waals surface area contributed by atoms with E-state index in [0.717, 1.165) is 0 Å². The van der Waals surface area contributed by atoms with Gasteiger partial charge in [0.1, 0.15) is 0 Å². The molecule has 0 aliphatic carbocycles. The second-order valence-corrected chi connectivity index (χ2v) is 7.20. The van der Waals surface area contributed by atoms with E-state index in [1.54, 1.807) is 18.2 Å². The molecule has 0 spiro atoms. The summed E-state index contributed by atoms with van der Waals surface area (Å²) in [7, 11) is -3.53. The fraction of sp³-hybridized carbons (Fsp3) is 0.455. The Morgan fingerprint density at radius 3 is 2.67 bits per heavy atom. The summed E-state index contributed by atoms with van der Waals surface area (Å²) in [6.45, 7) is 4.50. The average molecular weight is 401 g/mol. The maximum absolute atomic E-state index is 12.1. The zero-order valence-corrected chi connectivity index (χ0v) is 14.1. The van der Waals surface area contributed by atoms with Crippen molar-refractivity contribution in [1.82, 2.24) is 4.72 Å². The third-order valence-corrected chi connectivity index (χ3v) is 5.11. The standard InChI is InChI=1S/C11H15Br2NO3S/c1-3-17-8(2)7-14-18(15,16)11-6-9(12)4-5-10(11)13/h4-6,8,14H,3,7H2,1-2H3. The lowest BCUT2D eigenvalue weighted by Gasteiger charge is -2.13. The lowest BCUT2D eigenvalue weighted by Crippen LogP contribution is -2.32. The molecule has 7 heteroatoms. The third-order valence-electron chi connectivity index (χ3n) is 2.19. The van der Waals surface area contributed by atoms with Gasteiger partial charge in [-0.3, -0.25) is 0 Å². The molecule has 0 fully saturated rings. The van der Waals surface area contributed by atoms with Crippen molar-refractivity contribution in [3.63, 3.8) is 0 Å². The van der Waals surface area contributed by atoms with E-state index in [2.05, 4.69) is 36.6 Å². The number of benzene rings is 1. The Kier molecular flexibility index (Phi) is 6.26. The van der Waals surface area contributed by atoms with Crippen molar-refractivity contribution in [3.05, 3.63) is 27.1 Å². The van der Waals surface area contributed by atoms with Gasteiger partial charge in [0.25, 0.3) is 0 Å². The van der Waals surface area contributed by atoms with Gasteiger partial charge in [-0.25, -0.2) is 13.1 Å². The number of rotatable bonds is 6. The molecule has 0 radical (unpaired) electrons. The number of nitrogens with one attached hydrogen (secondary N) is 1. The molecular weight excluding hydrogens is 386 g/mol. The lowest BCUT2D eigenvalue weighted by molar-refractivity contribution is 0.0799. The predicted molar refractivity (Wildman–Crippen MR) is 78.1 cm³/mol. The van der Waals surface area contributed by atoms with Crippen LogP contribution in [0.1, 0.15) is 13.8 Å². The SMILES string of the molecule is CCOC(C)CNS(=O)(=O)c1cc(Br)ccc1Br. The average Bonchev–Trinajstić information content (AvgIpc) is 2.30. The Hall–Kier alpha value is 0.0500.